The molecule has 0 radical (unpaired) electrons. The van der Waals surface area contributed by atoms with Crippen LogP contribution >= 0.6 is 15.9 Å². The van der Waals surface area contributed by atoms with Gasteiger partial charge in [-0.15, -0.1) is 0 Å². The second-order valence-electron chi connectivity index (χ2n) is 6.09. The number of nitrogens with one attached hydrogen (secondary N) is 1. The summed E-state index contributed by atoms with van der Waals surface area (Å²) in [4.78, 5) is 28.4. The summed E-state index contributed by atoms with van der Waals surface area (Å²) in [6, 6.07) is 7.37. The first kappa shape index (κ1) is 18.6. The standard InChI is InChI=1S/C18H19BrFN3O3/c1-12(17(24)21-15-5-4-13(19)11-14(15)20)22-6-8-23(9-7-22)18(25)16-3-2-10-26-16/h2-5,10-12H,6-9H2,1H3,(H,21,24). The van der Waals surface area contributed by atoms with E-state index in [-0.39, 0.29) is 17.5 Å². The molecule has 2 aromatic rings. The fraction of sp³-hybridized carbons (Fsp3) is 0.333. The van der Waals surface area contributed by atoms with E-state index in [2.05, 4.69) is 21.2 Å². The number of furan rings is 1. The van der Waals surface area contributed by atoms with Crippen molar-refractivity contribution in [3.8, 4) is 0 Å². The van der Waals surface area contributed by atoms with Gasteiger partial charge in [-0.3, -0.25) is 14.5 Å². The van der Waals surface area contributed by atoms with Crippen LogP contribution in [0.2, 0.25) is 0 Å². The molecule has 0 saturated carbocycles. The van der Waals surface area contributed by atoms with Gasteiger partial charge in [-0.1, -0.05) is 15.9 Å². The largest absolute Gasteiger partial charge is 0.459 e. The number of halogens is 2. The maximum absolute atomic E-state index is 13.9. The van der Waals surface area contributed by atoms with Crippen molar-refractivity contribution < 1.29 is 18.4 Å². The van der Waals surface area contributed by atoms with E-state index in [1.165, 1.54) is 18.4 Å². The van der Waals surface area contributed by atoms with E-state index in [1.54, 1.807) is 30.0 Å². The minimum Gasteiger partial charge on any atom is -0.459 e. The molecular weight excluding hydrogens is 405 g/mol. The lowest BCUT2D eigenvalue weighted by Gasteiger charge is -2.37. The van der Waals surface area contributed by atoms with Crippen molar-refractivity contribution in [2.75, 3.05) is 31.5 Å². The van der Waals surface area contributed by atoms with Crippen molar-refractivity contribution in [1.29, 1.82) is 0 Å². The van der Waals surface area contributed by atoms with E-state index < -0.39 is 11.9 Å². The molecule has 138 valence electrons. The Hall–Kier alpha value is -2.19. The van der Waals surface area contributed by atoms with Crippen LogP contribution in [0.3, 0.4) is 0 Å². The molecule has 1 aromatic heterocycles. The number of piperazine rings is 1. The van der Waals surface area contributed by atoms with Crippen molar-refractivity contribution in [2.45, 2.75) is 13.0 Å². The van der Waals surface area contributed by atoms with Gasteiger partial charge in [-0.25, -0.2) is 4.39 Å². The lowest BCUT2D eigenvalue weighted by atomic mass is 10.2. The van der Waals surface area contributed by atoms with Gasteiger partial charge in [0, 0.05) is 30.7 Å². The molecule has 6 nitrogen and oxygen atoms in total. The summed E-state index contributed by atoms with van der Waals surface area (Å²) in [5, 5.41) is 2.62. The first-order valence-corrected chi connectivity index (χ1v) is 9.08. The van der Waals surface area contributed by atoms with Crippen LogP contribution in [0.5, 0.6) is 0 Å². The van der Waals surface area contributed by atoms with E-state index in [9.17, 15) is 14.0 Å². The Bertz CT molecular complexity index is 789. The van der Waals surface area contributed by atoms with Crippen LogP contribution in [0.25, 0.3) is 0 Å². The van der Waals surface area contributed by atoms with Gasteiger partial charge in [0.15, 0.2) is 5.76 Å². The van der Waals surface area contributed by atoms with Crippen LogP contribution in [0.15, 0.2) is 45.5 Å². The van der Waals surface area contributed by atoms with E-state index in [0.29, 0.717) is 36.4 Å². The van der Waals surface area contributed by atoms with Crippen LogP contribution < -0.4 is 5.32 Å². The van der Waals surface area contributed by atoms with Crippen molar-refractivity contribution >= 4 is 33.4 Å². The number of benzene rings is 1. The number of anilines is 1. The average Bonchev–Trinajstić information content (AvgIpc) is 3.17. The predicted octanol–water partition coefficient (Wildman–Crippen LogP) is 2.97. The third kappa shape index (κ3) is 4.13. The Kier molecular flexibility index (Phi) is 5.73. The molecule has 1 aromatic carbocycles. The summed E-state index contributed by atoms with van der Waals surface area (Å²) in [6.45, 7) is 3.90. The summed E-state index contributed by atoms with van der Waals surface area (Å²) >= 11 is 3.19. The highest BCUT2D eigenvalue weighted by Gasteiger charge is 2.29. The topological polar surface area (TPSA) is 65.8 Å². The number of nitrogens with zero attached hydrogens (tertiary/aromatic N) is 2. The molecule has 0 spiro atoms. The van der Waals surface area contributed by atoms with E-state index >= 15 is 0 Å². The molecule has 1 saturated heterocycles. The second-order valence-corrected chi connectivity index (χ2v) is 7.01. The smallest absolute Gasteiger partial charge is 0.289 e. The SMILES string of the molecule is CC(C(=O)Nc1ccc(Br)cc1F)N1CCN(C(=O)c2ccco2)CC1. The molecule has 3 rings (SSSR count). The highest BCUT2D eigenvalue weighted by atomic mass is 79.9. The van der Waals surface area contributed by atoms with Crippen molar-refractivity contribution in [2.24, 2.45) is 0 Å². The van der Waals surface area contributed by atoms with Crippen molar-refractivity contribution in [1.82, 2.24) is 9.80 Å². The Morgan fingerprint density at radius 3 is 2.58 bits per heavy atom. The summed E-state index contributed by atoms with van der Waals surface area (Å²) in [5.41, 5.74) is 0.150. The summed E-state index contributed by atoms with van der Waals surface area (Å²) in [5.74, 6) is -0.607. The molecule has 1 atom stereocenters. The molecule has 2 heterocycles. The van der Waals surface area contributed by atoms with Crippen LogP contribution in [0, 0.1) is 5.82 Å². The number of amides is 2. The molecule has 1 aliphatic rings. The molecule has 2 amide bonds. The number of hydrogen-bond acceptors (Lipinski definition) is 4. The third-order valence-corrected chi connectivity index (χ3v) is 4.94. The van der Waals surface area contributed by atoms with E-state index in [1.807, 2.05) is 4.90 Å². The maximum Gasteiger partial charge on any atom is 0.289 e. The Morgan fingerprint density at radius 1 is 1.23 bits per heavy atom. The molecule has 0 aliphatic carbocycles. The first-order valence-electron chi connectivity index (χ1n) is 8.28. The molecule has 0 bridgehead atoms. The summed E-state index contributed by atoms with van der Waals surface area (Å²) in [7, 11) is 0. The summed E-state index contributed by atoms with van der Waals surface area (Å²) < 4.78 is 19.6. The van der Waals surface area contributed by atoms with Crippen molar-refractivity contribution in [3.05, 3.63) is 52.6 Å². The van der Waals surface area contributed by atoms with Crippen molar-refractivity contribution in [3.63, 3.8) is 0 Å². The molecule has 1 N–H and O–H groups in total. The van der Waals surface area contributed by atoms with Gasteiger partial charge < -0.3 is 14.6 Å². The van der Waals surface area contributed by atoms with Crippen LogP contribution in [-0.4, -0.2) is 53.8 Å². The van der Waals surface area contributed by atoms with Gasteiger partial charge in [0.05, 0.1) is 18.0 Å². The number of carbonyl (C=O) groups is 2. The average molecular weight is 424 g/mol. The lowest BCUT2D eigenvalue weighted by molar-refractivity contribution is -0.121. The van der Waals surface area contributed by atoms with Crippen LogP contribution in [0.1, 0.15) is 17.5 Å². The Labute approximate surface area is 159 Å². The van der Waals surface area contributed by atoms with Gasteiger partial charge in [0.1, 0.15) is 5.82 Å². The third-order valence-electron chi connectivity index (χ3n) is 4.45. The van der Waals surface area contributed by atoms with Crippen LogP contribution in [-0.2, 0) is 4.79 Å². The molecular formula is C18H19BrFN3O3. The van der Waals surface area contributed by atoms with E-state index in [0.717, 1.165) is 0 Å². The molecule has 1 unspecified atom stereocenters. The zero-order valence-corrected chi connectivity index (χ0v) is 15.8. The number of rotatable bonds is 4. The zero-order valence-electron chi connectivity index (χ0n) is 14.2. The maximum atomic E-state index is 13.9. The highest BCUT2D eigenvalue weighted by molar-refractivity contribution is 9.10. The van der Waals surface area contributed by atoms with Crippen LogP contribution in [0.4, 0.5) is 10.1 Å². The quantitative estimate of drug-likeness (QED) is 0.820. The zero-order chi connectivity index (χ0) is 18.7. The highest BCUT2D eigenvalue weighted by Crippen LogP contribution is 2.20. The summed E-state index contributed by atoms with van der Waals surface area (Å²) in [6.07, 6.45) is 1.47. The Balaban J connectivity index is 1.55. The van der Waals surface area contributed by atoms with Gasteiger partial charge >= 0.3 is 0 Å². The normalized spacial score (nSPS) is 16.3. The monoisotopic (exact) mass is 423 g/mol. The van der Waals surface area contributed by atoms with Gasteiger partial charge in [0.25, 0.3) is 5.91 Å². The molecule has 26 heavy (non-hydrogen) atoms. The number of hydrogen-bond donors (Lipinski definition) is 1. The number of carbonyl (C=O) groups excluding carboxylic acids is 2. The minimum absolute atomic E-state index is 0.149. The molecule has 1 fully saturated rings. The van der Waals surface area contributed by atoms with Gasteiger partial charge in [-0.2, -0.15) is 0 Å². The fourth-order valence-electron chi connectivity index (χ4n) is 2.86. The molecule has 1 aliphatic heterocycles. The Morgan fingerprint density at radius 2 is 1.96 bits per heavy atom. The minimum atomic E-state index is -0.492. The lowest BCUT2D eigenvalue weighted by Crippen LogP contribution is -2.54. The fourth-order valence-corrected chi connectivity index (χ4v) is 3.20. The predicted molar refractivity (Wildman–Crippen MR) is 98.4 cm³/mol. The first-order chi connectivity index (χ1) is 12.5. The van der Waals surface area contributed by atoms with Gasteiger partial charge in [0.2, 0.25) is 5.91 Å². The second kappa shape index (κ2) is 8.01. The van der Waals surface area contributed by atoms with Gasteiger partial charge in [-0.05, 0) is 37.3 Å². The molecule has 8 heteroatoms. The van der Waals surface area contributed by atoms with E-state index in [4.69, 9.17) is 4.42 Å².